The van der Waals surface area contributed by atoms with Crippen LogP contribution in [0.15, 0.2) is 0 Å². The molecule has 0 amide bonds. The average Bonchev–Trinajstić information content (AvgIpc) is 2.13. The predicted octanol–water partition coefficient (Wildman–Crippen LogP) is 1.61. The Kier molecular flexibility index (Phi) is 5.09. The van der Waals surface area contributed by atoms with Crippen LogP contribution in [-0.4, -0.2) is 40.7 Å². The monoisotopic (exact) mass is 217 g/mol. The van der Waals surface area contributed by atoms with E-state index in [1.54, 1.807) is 0 Å². The minimum atomic E-state index is -1.34. The number of piperidine rings is 1. The molecule has 1 aliphatic heterocycles. The van der Waals surface area contributed by atoms with Gasteiger partial charge in [0.25, 0.3) is 0 Å². The maximum Gasteiger partial charge on any atom is 0.183 e. The van der Waals surface area contributed by atoms with Crippen LogP contribution in [-0.2, 0) is 9.16 Å². The van der Waals surface area contributed by atoms with Gasteiger partial charge in [-0.1, -0.05) is 0 Å². The molecule has 1 N–H and O–H groups in total. The van der Waals surface area contributed by atoms with Crippen molar-refractivity contribution in [1.29, 1.82) is 0 Å². The standard InChI is InChI=1S/C10H23NO2Si/c1-14(2,3)13-9-8-12-10-4-6-11-7-5-10/h10-11H,4-9H2,1-3H3. The maximum atomic E-state index is 5.74. The van der Waals surface area contributed by atoms with Crippen molar-refractivity contribution >= 4 is 8.32 Å². The summed E-state index contributed by atoms with van der Waals surface area (Å²) in [6.45, 7) is 10.3. The van der Waals surface area contributed by atoms with Crippen molar-refractivity contribution in [2.75, 3.05) is 26.3 Å². The van der Waals surface area contributed by atoms with Gasteiger partial charge >= 0.3 is 0 Å². The Morgan fingerprint density at radius 1 is 1.14 bits per heavy atom. The van der Waals surface area contributed by atoms with Crippen molar-refractivity contribution < 1.29 is 9.16 Å². The first-order valence-electron chi connectivity index (χ1n) is 5.54. The van der Waals surface area contributed by atoms with E-state index in [4.69, 9.17) is 9.16 Å². The molecule has 0 atom stereocenters. The van der Waals surface area contributed by atoms with Gasteiger partial charge in [-0.2, -0.15) is 0 Å². The fraction of sp³-hybridized carbons (Fsp3) is 1.00. The molecule has 0 unspecified atom stereocenters. The van der Waals surface area contributed by atoms with Gasteiger partial charge in [0.1, 0.15) is 0 Å². The molecular weight excluding hydrogens is 194 g/mol. The topological polar surface area (TPSA) is 30.5 Å². The van der Waals surface area contributed by atoms with Crippen LogP contribution in [0.2, 0.25) is 19.6 Å². The molecule has 0 aromatic carbocycles. The first-order valence-corrected chi connectivity index (χ1v) is 8.95. The van der Waals surface area contributed by atoms with Gasteiger partial charge < -0.3 is 14.5 Å². The summed E-state index contributed by atoms with van der Waals surface area (Å²) >= 11 is 0. The summed E-state index contributed by atoms with van der Waals surface area (Å²) in [6.07, 6.45) is 2.75. The molecule has 14 heavy (non-hydrogen) atoms. The Morgan fingerprint density at radius 3 is 2.36 bits per heavy atom. The summed E-state index contributed by atoms with van der Waals surface area (Å²) in [5, 5.41) is 3.32. The summed E-state index contributed by atoms with van der Waals surface area (Å²) in [6, 6.07) is 0. The second-order valence-electron chi connectivity index (χ2n) is 4.78. The van der Waals surface area contributed by atoms with Gasteiger partial charge in [0.2, 0.25) is 0 Å². The molecule has 0 saturated carbocycles. The SMILES string of the molecule is C[Si](C)(C)OCCOC1CCNCC1. The van der Waals surface area contributed by atoms with Gasteiger partial charge in [-0.15, -0.1) is 0 Å². The lowest BCUT2D eigenvalue weighted by Crippen LogP contribution is -2.34. The van der Waals surface area contributed by atoms with Gasteiger partial charge in [0, 0.05) is 0 Å². The second kappa shape index (κ2) is 5.85. The van der Waals surface area contributed by atoms with E-state index >= 15 is 0 Å². The highest BCUT2D eigenvalue weighted by molar-refractivity contribution is 6.69. The Balaban J connectivity index is 1.97. The van der Waals surface area contributed by atoms with Crippen LogP contribution < -0.4 is 5.32 Å². The summed E-state index contributed by atoms with van der Waals surface area (Å²) in [5.41, 5.74) is 0. The molecule has 0 aliphatic carbocycles. The lowest BCUT2D eigenvalue weighted by molar-refractivity contribution is 0.0156. The van der Waals surface area contributed by atoms with Crippen LogP contribution in [0.25, 0.3) is 0 Å². The summed E-state index contributed by atoms with van der Waals surface area (Å²) in [7, 11) is -1.34. The normalized spacial score (nSPS) is 19.9. The van der Waals surface area contributed by atoms with E-state index in [9.17, 15) is 0 Å². The molecule has 0 aromatic heterocycles. The van der Waals surface area contributed by atoms with E-state index in [1.165, 1.54) is 0 Å². The third kappa shape index (κ3) is 5.75. The van der Waals surface area contributed by atoms with E-state index < -0.39 is 8.32 Å². The van der Waals surface area contributed by atoms with Crippen molar-refractivity contribution in [3.05, 3.63) is 0 Å². The predicted molar refractivity (Wildman–Crippen MR) is 61.1 cm³/mol. The molecule has 0 spiro atoms. The van der Waals surface area contributed by atoms with Crippen molar-refractivity contribution in [2.45, 2.75) is 38.6 Å². The van der Waals surface area contributed by atoms with E-state index in [-0.39, 0.29) is 0 Å². The van der Waals surface area contributed by atoms with E-state index in [0.717, 1.165) is 39.1 Å². The van der Waals surface area contributed by atoms with Crippen LogP contribution in [0.5, 0.6) is 0 Å². The van der Waals surface area contributed by atoms with Gasteiger partial charge in [0.05, 0.1) is 19.3 Å². The molecule has 0 aromatic rings. The van der Waals surface area contributed by atoms with Crippen LogP contribution in [0.4, 0.5) is 0 Å². The Labute approximate surface area is 88.3 Å². The smallest absolute Gasteiger partial charge is 0.183 e. The highest BCUT2D eigenvalue weighted by atomic mass is 28.4. The minimum Gasteiger partial charge on any atom is -0.415 e. The number of hydrogen-bond acceptors (Lipinski definition) is 3. The van der Waals surface area contributed by atoms with Crippen molar-refractivity contribution in [3.63, 3.8) is 0 Å². The van der Waals surface area contributed by atoms with Crippen LogP contribution in [0.3, 0.4) is 0 Å². The quantitative estimate of drug-likeness (QED) is 0.560. The number of nitrogens with one attached hydrogen (secondary N) is 1. The molecular formula is C10H23NO2Si. The highest BCUT2D eigenvalue weighted by Gasteiger charge is 2.15. The van der Waals surface area contributed by atoms with Crippen molar-refractivity contribution in [3.8, 4) is 0 Å². The molecule has 1 saturated heterocycles. The fourth-order valence-corrected chi connectivity index (χ4v) is 2.22. The molecule has 1 heterocycles. The largest absolute Gasteiger partial charge is 0.415 e. The van der Waals surface area contributed by atoms with E-state index in [1.807, 2.05) is 0 Å². The lowest BCUT2D eigenvalue weighted by atomic mass is 10.1. The van der Waals surface area contributed by atoms with Gasteiger partial charge in [-0.25, -0.2) is 0 Å². The molecule has 3 nitrogen and oxygen atoms in total. The Morgan fingerprint density at radius 2 is 1.79 bits per heavy atom. The Hall–Kier alpha value is 0.0969. The van der Waals surface area contributed by atoms with Crippen LogP contribution in [0, 0.1) is 0 Å². The van der Waals surface area contributed by atoms with E-state index in [0.29, 0.717) is 6.10 Å². The zero-order valence-corrected chi connectivity index (χ0v) is 10.6. The first-order chi connectivity index (χ1) is 6.58. The molecule has 0 radical (unpaired) electrons. The summed E-state index contributed by atoms with van der Waals surface area (Å²) in [4.78, 5) is 0. The summed E-state index contributed by atoms with van der Waals surface area (Å²) in [5.74, 6) is 0. The highest BCUT2D eigenvalue weighted by Crippen LogP contribution is 2.07. The number of ether oxygens (including phenoxy) is 1. The van der Waals surface area contributed by atoms with Crippen molar-refractivity contribution in [1.82, 2.24) is 5.32 Å². The zero-order valence-electron chi connectivity index (χ0n) is 9.64. The van der Waals surface area contributed by atoms with Crippen LogP contribution in [0.1, 0.15) is 12.8 Å². The Bertz CT molecular complexity index is 153. The molecule has 1 rings (SSSR count). The van der Waals surface area contributed by atoms with Gasteiger partial charge in [-0.05, 0) is 45.6 Å². The van der Waals surface area contributed by atoms with Gasteiger partial charge in [-0.3, -0.25) is 0 Å². The molecule has 1 fully saturated rings. The third-order valence-corrected chi connectivity index (χ3v) is 3.33. The molecule has 4 heteroatoms. The first kappa shape index (κ1) is 12.2. The minimum absolute atomic E-state index is 0.460. The average molecular weight is 217 g/mol. The lowest BCUT2D eigenvalue weighted by Gasteiger charge is -2.24. The number of hydrogen-bond donors (Lipinski definition) is 1. The molecule has 84 valence electrons. The summed E-state index contributed by atoms with van der Waals surface area (Å²) < 4.78 is 11.5. The zero-order chi connectivity index (χ0) is 10.4. The second-order valence-corrected chi connectivity index (χ2v) is 9.29. The fourth-order valence-electron chi connectivity index (χ4n) is 1.52. The molecule has 1 aliphatic rings. The van der Waals surface area contributed by atoms with Gasteiger partial charge in [0.15, 0.2) is 8.32 Å². The third-order valence-electron chi connectivity index (χ3n) is 2.26. The van der Waals surface area contributed by atoms with Crippen molar-refractivity contribution in [2.24, 2.45) is 0 Å². The number of rotatable bonds is 5. The maximum absolute atomic E-state index is 5.74. The molecule has 0 bridgehead atoms. The van der Waals surface area contributed by atoms with Crippen LogP contribution >= 0.6 is 0 Å². The van der Waals surface area contributed by atoms with E-state index in [2.05, 4.69) is 25.0 Å².